The molecule has 2 amide bonds. The van der Waals surface area contributed by atoms with Gasteiger partial charge in [0.15, 0.2) is 5.76 Å². The smallest absolute Gasteiger partial charge is 0.235 e. The van der Waals surface area contributed by atoms with E-state index in [-0.39, 0.29) is 35.7 Å². The molecule has 0 aromatic carbocycles. The standard InChI is InChI=1S/C25H31ClN5O3S/c26-20-5-4-19(35-20)18-15-16(27-34-18)23-22-21(17-3-1-6-29(17)23)24(32)30(25(22)33)7-2-11-31-12-8-28(9-13-31)10-14-31/h4-5,15,17,21-23H,1-3,6-14H2/q+1/t17-,21-,22-,23-/m0/s1. The van der Waals surface area contributed by atoms with Crippen LogP contribution >= 0.6 is 22.9 Å². The summed E-state index contributed by atoms with van der Waals surface area (Å²) in [5.74, 6) is 0.0867. The minimum absolute atomic E-state index is 0.00779. The number of nitrogens with zero attached hydrogens (tertiary/aromatic N) is 5. The Balaban J connectivity index is 1.11. The third-order valence-electron chi connectivity index (χ3n) is 9.28. The molecule has 0 radical (unpaired) electrons. The molecule has 4 atom stereocenters. The van der Waals surface area contributed by atoms with Crippen molar-refractivity contribution in [1.29, 1.82) is 0 Å². The summed E-state index contributed by atoms with van der Waals surface area (Å²) in [6.07, 6.45) is 2.91. The first-order valence-corrected chi connectivity index (χ1v) is 14.1. The SMILES string of the molecule is O=C1[C@@H]2[C@H](C(=O)N1CCC[N+]13CCN(CC1)CC3)[C@H](c1cc(-c3ccc(Cl)s3)on1)N1CCC[C@@H]21. The van der Waals surface area contributed by atoms with E-state index < -0.39 is 0 Å². The molecule has 6 fully saturated rings. The molecule has 186 valence electrons. The molecular formula is C25H31ClN5O3S+. The fourth-order valence-corrected chi connectivity index (χ4v) is 8.45. The fraction of sp³-hybridized carbons (Fsp3) is 0.640. The van der Waals surface area contributed by atoms with E-state index >= 15 is 0 Å². The molecule has 0 N–H and O–H groups in total. The van der Waals surface area contributed by atoms with Crippen molar-refractivity contribution in [1.82, 2.24) is 19.9 Å². The van der Waals surface area contributed by atoms with Crippen LogP contribution in [0, 0.1) is 11.8 Å². The van der Waals surface area contributed by atoms with Gasteiger partial charge in [0.1, 0.15) is 5.69 Å². The van der Waals surface area contributed by atoms with Gasteiger partial charge >= 0.3 is 0 Å². The van der Waals surface area contributed by atoms with Gasteiger partial charge in [0.25, 0.3) is 0 Å². The van der Waals surface area contributed by atoms with Gasteiger partial charge in [0.2, 0.25) is 11.8 Å². The Hall–Kier alpha value is -1.78. The fourth-order valence-electron chi connectivity index (χ4n) is 7.46. The second-order valence-corrected chi connectivity index (χ2v) is 12.6. The summed E-state index contributed by atoms with van der Waals surface area (Å²) >= 11 is 7.56. The van der Waals surface area contributed by atoms with E-state index in [4.69, 9.17) is 16.1 Å². The van der Waals surface area contributed by atoms with Gasteiger partial charge in [-0.15, -0.1) is 11.3 Å². The van der Waals surface area contributed by atoms with Gasteiger partial charge in [0, 0.05) is 44.7 Å². The van der Waals surface area contributed by atoms with Crippen LogP contribution < -0.4 is 0 Å². The van der Waals surface area contributed by atoms with Crippen molar-refractivity contribution in [3.05, 3.63) is 28.2 Å². The predicted molar refractivity (Wildman–Crippen MR) is 132 cm³/mol. The van der Waals surface area contributed by atoms with Crippen LogP contribution in [0.3, 0.4) is 0 Å². The van der Waals surface area contributed by atoms with Crippen LogP contribution in [0.2, 0.25) is 4.34 Å². The molecule has 10 heteroatoms. The average molecular weight is 517 g/mol. The van der Waals surface area contributed by atoms with Crippen LogP contribution in [-0.2, 0) is 9.59 Å². The second-order valence-electron chi connectivity index (χ2n) is 10.9. The minimum Gasteiger partial charge on any atom is -0.355 e. The number of hydrogen-bond donors (Lipinski definition) is 0. The summed E-state index contributed by atoms with van der Waals surface area (Å²) in [5, 5.41) is 4.40. The Morgan fingerprint density at radius 1 is 1.09 bits per heavy atom. The van der Waals surface area contributed by atoms with Gasteiger partial charge in [-0.25, -0.2) is 0 Å². The maximum absolute atomic E-state index is 13.7. The predicted octanol–water partition coefficient (Wildman–Crippen LogP) is 2.71. The lowest BCUT2D eigenvalue weighted by Crippen LogP contribution is -2.67. The van der Waals surface area contributed by atoms with Crippen LogP contribution in [0.25, 0.3) is 10.6 Å². The molecule has 2 bridgehead atoms. The molecule has 2 aromatic heterocycles. The molecule has 0 unspecified atom stereocenters. The molecule has 6 saturated heterocycles. The normalized spacial score (nSPS) is 36.4. The molecule has 6 aliphatic heterocycles. The molecule has 8 nitrogen and oxygen atoms in total. The number of carbonyl (C=O) groups excluding carboxylic acids is 2. The number of halogens is 1. The van der Waals surface area contributed by atoms with E-state index in [1.807, 2.05) is 18.2 Å². The summed E-state index contributed by atoms with van der Waals surface area (Å²) in [6, 6.07) is 5.64. The number of thiophene rings is 1. The highest BCUT2D eigenvalue weighted by molar-refractivity contribution is 7.19. The van der Waals surface area contributed by atoms with Crippen molar-refractivity contribution in [3.63, 3.8) is 0 Å². The lowest BCUT2D eigenvalue weighted by Gasteiger charge is -2.50. The number of amides is 2. The van der Waals surface area contributed by atoms with E-state index in [1.54, 1.807) is 4.90 Å². The Kier molecular flexibility index (Phi) is 5.37. The zero-order valence-corrected chi connectivity index (χ0v) is 21.3. The first-order chi connectivity index (χ1) is 17.0. The number of fused-ring (bicyclic) bond motifs is 6. The molecular weight excluding hydrogens is 486 g/mol. The van der Waals surface area contributed by atoms with Crippen LogP contribution in [0.4, 0.5) is 0 Å². The summed E-state index contributed by atoms with van der Waals surface area (Å²) in [4.78, 5) is 34.7. The number of rotatable bonds is 6. The van der Waals surface area contributed by atoms with Gasteiger partial charge in [-0.1, -0.05) is 16.8 Å². The molecule has 0 spiro atoms. The van der Waals surface area contributed by atoms with Crippen molar-refractivity contribution in [3.8, 4) is 10.6 Å². The van der Waals surface area contributed by atoms with Crippen molar-refractivity contribution in [2.75, 3.05) is 58.9 Å². The number of piperazine rings is 3. The van der Waals surface area contributed by atoms with Crippen LogP contribution in [-0.4, -0.2) is 101 Å². The van der Waals surface area contributed by atoms with E-state index in [2.05, 4.69) is 15.0 Å². The molecule has 8 heterocycles. The number of aromatic nitrogens is 1. The summed E-state index contributed by atoms with van der Waals surface area (Å²) in [6.45, 7) is 9.67. The maximum atomic E-state index is 13.7. The summed E-state index contributed by atoms with van der Waals surface area (Å²) < 4.78 is 7.54. The zero-order chi connectivity index (χ0) is 23.7. The summed E-state index contributed by atoms with van der Waals surface area (Å²) in [5.41, 5.74) is 0.761. The highest BCUT2D eigenvalue weighted by Gasteiger charge is 2.63. The lowest BCUT2D eigenvalue weighted by atomic mass is 9.86. The van der Waals surface area contributed by atoms with Gasteiger partial charge in [0.05, 0.1) is 53.3 Å². The molecule has 8 rings (SSSR count). The Labute approximate surface area is 214 Å². The number of imide groups is 1. The van der Waals surface area contributed by atoms with E-state index in [9.17, 15) is 9.59 Å². The highest BCUT2D eigenvalue weighted by atomic mass is 35.5. The topological polar surface area (TPSA) is 69.9 Å². The van der Waals surface area contributed by atoms with Gasteiger partial charge in [-0.3, -0.25) is 24.3 Å². The van der Waals surface area contributed by atoms with E-state index in [0.717, 1.165) is 47.4 Å². The van der Waals surface area contributed by atoms with Crippen molar-refractivity contribution in [2.45, 2.75) is 31.3 Å². The Morgan fingerprint density at radius 3 is 2.60 bits per heavy atom. The molecule has 35 heavy (non-hydrogen) atoms. The van der Waals surface area contributed by atoms with Crippen molar-refractivity contribution in [2.24, 2.45) is 11.8 Å². The van der Waals surface area contributed by atoms with Crippen molar-refractivity contribution < 1.29 is 18.6 Å². The number of quaternary nitrogens is 1. The largest absolute Gasteiger partial charge is 0.355 e. The number of likely N-dealkylation sites (tertiary alicyclic amines) is 1. The van der Waals surface area contributed by atoms with Crippen molar-refractivity contribution >= 4 is 34.8 Å². The minimum atomic E-state index is -0.358. The number of carbonyl (C=O) groups is 2. The maximum Gasteiger partial charge on any atom is 0.235 e. The first kappa shape index (κ1) is 22.4. The van der Waals surface area contributed by atoms with Crippen LogP contribution in [0.1, 0.15) is 31.0 Å². The quantitative estimate of drug-likeness (QED) is 0.434. The Bertz CT molecular complexity index is 1140. The molecule has 6 aliphatic rings. The first-order valence-electron chi connectivity index (χ1n) is 12.9. The average Bonchev–Trinajstić information content (AvgIpc) is 3.67. The van der Waals surface area contributed by atoms with Gasteiger partial charge < -0.3 is 9.01 Å². The molecule has 0 aliphatic carbocycles. The lowest BCUT2D eigenvalue weighted by molar-refractivity contribution is -0.941. The molecule has 0 saturated carbocycles. The van der Waals surface area contributed by atoms with Crippen LogP contribution in [0.15, 0.2) is 22.7 Å². The van der Waals surface area contributed by atoms with Gasteiger partial charge in [-0.2, -0.15) is 0 Å². The summed E-state index contributed by atoms with van der Waals surface area (Å²) in [7, 11) is 0. The molecule has 2 aromatic rings. The third-order valence-corrected chi connectivity index (χ3v) is 10.5. The van der Waals surface area contributed by atoms with E-state index in [0.29, 0.717) is 16.6 Å². The van der Waals surface area contributed by atoms with Gasteiger partial charge in [-0.05, 0) is 31.5 Å². The second kappa shape index (κ2) is 8.38. The van der Waals surface area contributed by atoms with E-state index in [1.165, 1.54) is 50.6 Å². The highest BCUT2D eigenvalue weighted by Crippen LogP contribution is 2.53. The number of hydrogen-bond acceptors (Lipinski definition) is 7. The third kappa shape index (κ3) is 3.54. The Morgan fingerprint density at radius 2 is 1.86 bits per heavy atom. The monoisotopic (exact) mass is 516 g/mol. The van der Waals surface area contributed by atoms with Crippen LogP contribution in [0.5, 0.6) is 0 Å². The zero-order valence-electron chi connectivity index (χ0n) is 19.8.